The fourth-order valence-electron chi connectivity index (χ4n) is 5.31. The molecule has 5 rings (SSSR count). The van der Waals surface area contributed by atoms with E-state index in [-0.39, 0.29) is 11.8 Å². The zero-order chi connectivity index (χ0) is 19.1. The highest BCUT2D eigenvalue weighted by Crippen LogP contribution is 2.48. The third kappa shape index (κ3) is 2.79. The lowest BCUT2D eigenvalue weighted by Crippen LogP contribution is -2.58. The number of piperidine rings is 1. The van der Waals surface area contributed by atoms with E-state index in [1.807, 2.05) is 41.0 Å². The van der Waals surface area contributed by atoms with Gasteiger partial charge in [-0.25, -0.2) is 9.67 Å². The molecule has 2 aliphatic rings. The van der Waals surface area contributed by atoms with Gasteiger partial charge in [-0.05, 0) is 30.5 Å². The maximum absolute atomic E-state index is 11.8. The molecule has 1 N–H and O–H groups in total. The van der Waals surface area contributed by atoms with E-state index in [9.17, 15) is 5.11 Å². The lowest BCUT2D eigenvalue weighted by molar-refractivity contribution is -0.155. The van der Waals surface area contributed by atoms with Crippen LogP contribution < -0.4 is 0 Å². The topological polar surface area (TPSA) is 59.1 Å². The summed E-state index contributed by atoms with van der Waals surface area (Å²) in [7, 11) is 1.99. The number of hydrogen-bond donors (Lipinski definition) is 1. The van der Waals surface area contributed by atoms with E-state index in [1.54, 1.807) is 6.20 Å². The van der Waals surface area contributed by atoms with Crippen LogP contribution in [0.4, 0.5) is 0 Å². The Morgan fingerprint density at radius 3 is 2.54 bits per heavy atom. The molecule has 0 radical (unpaired) electrons. The first-order chi connectivity index (χ1) is 13.7. The molecule has 1 aromatic carbocycles. The number of aryl methyl sites for hydroxylation is 1. The first-order valence-corrected chi connectivity index (χ1v) is 10.2. The lowest BCUT2D eigenvalue weighted by atomic mass is 9.65. The predicted octanol–water partition coefficient (Wildman–Crippen LogP) is 2.73. The standard InChI is InChI=1S/C22H27N5O/c1-25-13-11-23-21(25)22(28)18-7-4-8-19(22)16-26(15-18)14-17-6-2-3-9-20(17)27-12-5-10-24-27/h2-3,5-6,9-13,18-19,28H,4,7-8,14-16H2,1H3. The number of para-hydroxylation sites is 1. The van der Waals surface area contributed by atoms with Crippen molar-refractivity contribution in [2.45, 2.75) is 31.4 Å². The molecule has 2 atom stereocenters. The number of aliphatic hydroxyl groups is 1. The summed E-state index contributed by atoms with van der Waals surface area (Å²) in [5.74, 6) is 1.27. The highest BCUT2D eigenvalue weighted by atomic mass is 16.3. The van der Waals surface area contributed by atoms with E-state index in [1.165, 1.54) is 12.0 Å². The third-order valence-corrected chi connectivity index (χ3v) is 6.62. The van der Waals surface area contributed by atoms with Crippen LogP contribution in [0.1, 0.15) is 30.7 Å². The maximum atomic E-state index is 11.8. The zero-order valence-electron chi connectivity index (χ0n) is 16.3. The Morgan fingerprint density at radius 2 is 1.86 bits per heavy atom. The summed E-state index contributed by atoms with van der Waals surface area (Å²) >= 11 is 0. The molecule has 146 valence electrons. The summed E-state index contributed by atoms with van der Waals surface area (Å²) in [5.41, 5.74) is 1.59. The van der Waals surface area contributed by atoms with Crippen LogP contribution >= 0.6 is 0 Å². The van der Waals surface area contributed by atoms with Crippen molar-refractivity contribution in [2.75, 3.05) is 13.1 Å². The van der Waals surface area contributed by atoms with Crippen LogP contribution in [-0.4, -0.2) is 42.4 Å². The van der Waals surface area contributed by atoms with Gasteiger partial charge in [0, 0.05) is 63.3 Å². The van der Waals surface area contributed by atoms with Crippen molar-refractivity contribution in [3.63, 3.8) is 0 Å². The van der Waals surface area contributed by atoms with Crippen LogP contribution in [0.2, 0.25) is 0 Å². The molecule has 6 nitrogen and oxygen atoms in total. The van der Waals surface area contributed by atoms with E-state index in [0.717, 1.165) is 44.0 Å². The number of aromatic nitrogens is 4. The number of benzene rings is 1. The number of nitrogens with zero attached hydrogens (tertiary/aromatic N) is 5. The van der Waals surface area contributed by atoms with Crippen LogP contribution in [0.5, 0.6) is 0 Å². The molecule has 1 aliphatic heterocycles. The van der Waals surface area contributed by atoms with Gasteiger partial charge in [0.05, 0.1) is 5.69 Å². The van der Waals surface area contributed by atoms with Crippen LogP contribution in [0.25, 0.3) is 5.69 Å². The monoisotopic (exact) mass is 377 g/mol. The van der Waals surface area contributed by atoms with Gasteiger partial charge in [0.2, 0.25) is 0 Å². The minimum absolute atomic E-state index is 0.220. The van der Waals surface area contributed by atoms with E-state index in [0.29, 0.717) is 0 Å². The van der Waals surface area contributed by atoms with Gasteiger partial charge in [-0.2, -0.15) is 5.10 Å². The van der Waals surface area contributed by atoms with Crippen molar-refractivity contribution < 1.29 is 5.11 Å². The Morgan fingerprint density at radius 1 is 1.07 bits per heavy atom. The van der Waals surface area contributed by atoms with Gasteiger partial charge in [0.15, 0.2) is 0 Å². The second-order valence-electron chi connectivity index (χ2n) is 8.29. The van der Waals surface area contributed by atoms with Crippen molar-refractivity contribution in [3.8, 4) is 5.69 Å². The molecule has 2 bridgehead atoms. The van der Waals surface area contributed by atoms with Crippen molar-refractivity contribution in [2.24, 2.45) is 18.9 Å². The first kappa shape index (κ1) is 17.6. The summed E-state index contributed by atoms with van der Waals surface area (Å²) < 4.78 is 3.93. The van der Waals surface area contributed by atoms with Crippen molar-refractivity contribution in [3.05, 3.63) is 66.5 Å². The van der Waals surface area contributed by atoms with Crippen LogP contribution in [0, 0.1) is 11.8 Å². The maximum Gasteiger partial charge on any atom is 0.141 e. The van der Waals surface area contributed by atoms with Crippen molar-refractivity contribution >= 4 is 0 Å². The van der Waals surface area contributed by atoms with E-state index < -0.39 is 5.60 Å². The SMILES string of the molecule is Cn1ccnc1C1(O)C2CCCC1CN(Cc1ccccc1-n1cccn1)C2. The Hall–Kier alpha value is -2.44. The summed E-state index contributed by atoms with van der Waals surface area (Å²) in [6.45, 7) is 2.67. The van der Waals surface area contributed by atoms with Gasteiger partial charge in [-0.1, -0.05) is 24.6 Å². The number of fused-ring (bicyclic) bond motifs is 2. The van der Waals surface area contributed by atoms with E-state index in [2.05, 4.69) is 39.2 Å². The molecular formula is C22H27N5O. The van der Waals surface area contributed by atoms with Gasteiger partial charge in [0.25, 0.3) is 0 Å². The second kappa shape index (κ2) is 6.87. The summed E-state index contributed by atoms with van der Waals surface area (Å²) in [6, 6.07) is 10.4. The quantitative estimate of drug-likeness (QED) is 0.760. The minimum Gasteiger partial charge on any atom is -0.381 e. The number of imidazole rings is 1. The van der Waals surface area contributed by atoms with Crippen LogP contribution in [0.15, 0.2) is 55.1 Å². The van der Waals surface area contributed by atoms with Crippen LogP contribution in [-0.2, 0) is 19.2 Å². The normalized spacial score (nSPS) is 27.8. The molecule has 0 amide bonds. The first-order valence-electron chi connectivity index (χ1n) is 10.2. The van der Waals surface area contributed by atoms with Crippen molar-refractivity contribution in [1.29, 1.82) is 0 Å². The number of rotatable bonds is 4. The van der Waals surface area contributed by atoms with E-state index >= 15 is 0 Å². The highest BCUT2D eigenvalue weighted by Gasteiger charge is 2.53. The molecule has 28 heavy (non-hydrogen) atoms. The molecule has 1 aliphatic carbocycles. The Labute approximate surface area is 165 Å². The third-order valence-electron chi connectivity index (χ3n) is 6.62. The van der Waals surface area contributed by atoms with Gasteiger partial charge in [0.1, 0.15) is 11.4 Å². The summed E-state index contributed by atoms with van der Waals surface area (Å²) in [4.78, 5) is 7.04. The average Bonchev–Trinajstić information content (AvgIpc) is 3.35. The number of hydrogen-bond acceptors (Lipinski definition) is 4. The smallest absolute Gasteiger partial charge is 0.141 e. The molecular weight excluding hydrogens is 350 g/mol. The zero-order valence-corrected chi connectivity index (χ0v) is 16.3. The van der Waals surface area contributed by atoms with Gasteiger partial charge < -0.3 is 9.67 Å². The van der Waals surface area contributed by atoms with Crippen LogP contribution in [0.3, 0.4) is 0 Å². The highest BCUT2D eigenvalue weighted by molar-refractivity contribution is 5.40. The second-order valence-corrected chi connectivity index (χ2v) is 8.29. The Kier molecular flexibility index (Phi) is 4.33. The minimum atomic E-state index is -0.811. The molecule has 2 aromatic heterocycles. The van der Waals surface area contributed by atoms with Gasteiger partial charge >= 0.3 is 0 Å². The lowest BCUT2D eigenvalue weighted by Gasteiger charge is -2.52. The van der Waals surface area contributed by atoms with E-state index in [4.69, 9.17) is 0 Å². The molecule has 0 spiro atoms. The number of likely N-dealkylation sites (tertiary alicyclic amines) is 1. The molecule has 1 saturated carbocycles. The summed E-state index contributed by atoms with van der Waals surface area (Å²) in [5, 5.41) is 16.2. The molecule has 3 heterocycles. The van der Waals surface area contributed by atoms with Gasteiger partial charge in [-0.3, -0.25) is 4.90 Å². The fraction of sp³-hybridized carbons (Fsp3) is 0.455. The average molecular weight is 377 g/mol. The molecule has 2 fully saturated rings. The predicted molar refractivity (Wildman–Crippen MR) is 107 cm³/mol. The molecule has 1 saturated heterocycles. The summed E-state index contributed by atoms with van der Waals surface area (Å²) in [6.07, 6.45) is 10.8. The molecule has 6 heteroatoms. The van der Waals surface area contributed by atoms with Gasteiger partial charge in [-0.15, -0.1) is 0 Å². The van der Waals surface area contributed by atoms with Crippen molar-refractivity contribution in [1.82, 2.24) is 24.2 Å². The fourth-order valence-corrected chi connectivity index (χ4v) is 5.31. The Bertz CT molecular complexity index is 934. The Balaban J connectivity index is 1.42. The molecule has 3 aromatic rings. The molecule has 2 unspecified atom stereocenters. The largest absolute Gasteiger partial charge is 0.381 e.